The second kappa shape index (κ2) is 4.91. The molecule has 0 spiro atoms. The summed E-state index contributed by atoms with van der Waals surface area (Å²) in [5.41, 5.74) is 1.10. The van der Waals surface area contributed by atoms with E-state index in [2.05, 4.69) is 12.6 Å². The second-order valence-electron chi connectivity index (χ2n) is 3.35. The first-order valence-corrected chi connectivity index (χ1v) is 5.86. The summed E-state index contributed by atoms with van der Waals surface area (Å²) in [5, 5.41) is 8.71. The highest BCUT2D eigenvalue weighted by molar-refractivity contribution is 8.04. The lowest BCUT2D eigenvalue weighted by Gasteiger charge is -2.12. The summed E-state index contributed by atoms with van der Waals surface area (Å²) in [6.45, 7) is 3.70. The molecular formula is C13H11NOS. The molecule has 80 valence electrons. The minimum atomic E-state index is 0.0317. The molecule has 1 heterocycles. The van der Waals surface area contributed by atoms with Crippen molar-refractivity contribution in [3.05, 3.63) is 47.4 Å². The molecule has 1 aromatic rings. The van der Waals surface area contributed by atoms with Gasteiger partial charge in [-0.2, -0.15) is 5.26 Å². The normalized spacial score (nSPS) is 18.7. The van der Waals surface area contributed by atoms with Crippen LogP contribution in [0.15, 0.2) is 41.8 Å². The van der Waals surface area contributed by atoms with Crippen molar-refractivity contribution in [1.82, 2.24) is 0 Å². The highest BCUT2D eigenvalue weighted by Crippen LogP contribution is 2.33. The van der Waals surface area contributed by atoms with Crippen LogP contribution in [-0.4, -0.2) is 5.44 Å². The minimum absolute atomic E-state index is 0.0317. The molecule has 0 saturated heterocycles. The average molecular weight is 229 g/mol. The molecule has 0 fully saturated rings. The molecule has 1 aliphatic heterocycles. The van der Waals surface area contributed by atoms with Crippen LogP contribution in [-0.2, 0) is 0 Å². The van der Waals surface area contributed by atoms with Crippen LogP contribution in [0, 0.1) is 11.3 Å². The molecule has 0 radical (unpaired) electrons. The van der Waals surface area contributed by atoms with E-state index < -0.39 is 0 Å². The largest absolute Gasteiger partial charge is 0.479 e. The Kier molecular flexibility index (Phi) is 3.33. The third kappa shape index (κ3) is 2.47. The van der Waals surface area contributed by atoms with Crippen LogP contribution >= 0.6 is 11.8 Å². The summed E-state index contributed by atoms with van der Waals surface area (Å²) in [7, 11) is 0. The summed E-state index contributed by atoms with van der Waals surface area (Å²) in [6, 6.07) is 9.88. The average Bonchev–Trinajstić information content (AvgIpc) is 2.78. The zero-order valence-electron chi connectivity index (χ0n) is 8.72. The molecule has 2 nitrogen and oxygen atoms in total. The van der Waals surface area contributed by atoms with Gasteiger partial charge < -0.3 is 4.74 Å². The van der Waals surface area contributed by atoms with Gasteiger partial charge >= 0.3 is 0 Å². The highest BCUT2D eigenvalue weighted by Gasteiger charge is 2.18. The van der Waals surface area contributed by atoms with Gasteiger partial charge in [0.05, 0.1) is 4.91 Å². The predicted octanol–water partition coefficient (Wildman–Crippen LogP) is 3.58. The van der Waals surface area contributed by atoms with Crippen LogP contribution in [0.25, 0.3) is 6.08 Å². The van der Waals surface area contributed by atoms with Crippen LogP contribution in [0.5, 0.6) is 5.75 Å². The van der Waals surface area contributed by atoms with Gasteiger partial charge in [0.15, 0.2) is 5.44 Å². The van der Waals surface area contributed by atoms with E-state index in [1.54, 1.807) is 6.08 Å². The molecule has 1 unspecified atom stereocenters. The third-order valence-corrected chi connectivity index (χ3v) is 3.31. The van der Waals surface area contributed by atoms with Crippen molar-refractivity contribution >= 4 is 17.8 Å². The molecule has 0 amide bonds. The lowest BCUT2D eigenvalue weighted by Crippen LogP contribution is -2.07. The van der Waals surface area contributed by atoms with Crippen molar-refractivity contribution in [2.75, 3.05) is 0 Å². The van der Waals surface area contributed by atoms with Crippen molar-refractivity contribution in [2.24, 2.45) is 0 Å². The minimum Gasteiger partial charge on any atom is -0.479 e. The van der Waals surface area contributed by atoms with Gasteiger partial charge in [-0.3, -0.25) is 0 Å². The zero-order valence-corrected chi connectivity index (χ0v) is 9.54. The number of ether oxygens (including phenoxy) is 1. The van der Waals surface area contributed by atoms with Gasteiger partial charge in [0.1, 0.15) is 11.8 Å². The molecule has 0 aliphatic carbocycles. The molecular weight excluding hydrogens is 218 g/mol. The number of nitriles is 1. The van der Waals surface area contributed by atoms with Crippen molar-refractivity contribution in [3.8, 4) is 11.8 Å². The Morgan fingerprint density at radius 3 is 2.75 bits per heavy atom. The maximum absolute atomic E-state index is 8.71. The van der Waals surface area contributed by atoms with E-state index in [0.717, 1.165) is 22.6 Å². The molecule has 2 rings (SSSR count). The van der Waals surface area contributed by atoms with Crippen LogP contribution in [0.2, 0.25) is 0 Å². The number of hydrogen-bond donors (Lipinski definition) is 0. The molecule has 3 heteroatoms. The van der Waals surface area contributed by atoms with E-state index in [-0.39, 0.29) is 5.44 Å². The van der Waals surface area contributed by atoms with E-state index in [1.807, 2.05) is 30.3 Å². The first kappa shape index (κ1) is 10.8. The van der Waals surface area contributed by atoms with E-state index in [4.69, 9.17) is 10.00 Å². The first-order chi connectivity index (χ1) is 7.81. The Morgan fingerprint density at radius 1 is 1.44 bits per heavy atom. The predicted molar refractivity (Wildman–Crippen MR) is 66.9 cm³/mol. The first-order valence-electron chi connectivity index (χ1n) is 4.98. The summed E-state index contributed by atoms with van der Waals surface area (Å²) in [6.07, 6.45) is 4.49. The molecule has 0 aromatic heterocycles. The Balaban J connectivity index is 1.96. The maximum Gasteiger partial charge on any atom is 0.153 e. The number of hydrogen-bond acceptors (Lipinski definition) is 3. The van der Waals surface area contributed by atoms with E-state index >= 15 is 0 Å². The maximum atomic E-state index is 8.71. The van der Waals surface area contributed by atoms with Crippen LogP contribution in [0.4, 0.5) is 0 Å². The fraction of sp³-hybridized carbons (Fsp3) is 0.154. The smallest absolute Gasteiger partial charge is 0.153 e. The SMILES string of the molecule is C=Cc1ccc(OC2CC=C(C#N)S2)cc1. The molecule has 1 aromatic carbocycles. The van der Waals surface area contributed by atoms with E-state index in [0.29, 0.717) is 0 Å². The topological polar surface area (TPSA) is 33.0 Å². The summed E-state index contributed by atoms with van der Waals surface area (Å²) in [5.74, 6) is 0.829. The fourth-order valence-electron chi connectivity index (χ4n) is 1.42. The molecule has 0 bridgehead atoms. The Bertz CT molecular complexity index is 456. The van der Waals surface area contributed by atoms with Gasteiger partial charge in [-0.25, -0.2) is 0 Å². The van der Waals surface area contributed by atoms with Crippen molar-refractivity contribution in [3.63, 3.8) is 0 Å². The van der Waals surface area contributed by atoms with Gasteiger partial charge in [0.25, 0.3) is 0 Å². The summed E-state index contributed by atoms with van der Waals surface area (Å²) < 4.78 is 5.73. The number of benzene rings is 1. The number of allylic oxidation sites excluding steroid dienone is 1. The lowest BCUT2D eigenvalue weighted by atomic mass is 10.2. The molecule has 1 aliphatic rings. The summed E-state index contributed by atoms with van der Waals surface area (Å²) in [4.78, 5) is 0.743. The van der Waals surface area contributed by atoms with Crippen molar-refractivity contribution in [2.45, 2.75) is 11.9 Å². The molecule has 16 heavy (non-hydrogen) atoms. The molecule has 0 saturated carbocycles. The van der Waals surface area contributed by atoms with Crippen molar-refractivity contribution < 1.29 is 4.74 Å². The van der Waals surface area contributed by atoms with Crippen LogP contribution in [0.3, 0.4) is 0 Å². The van der Waals surface area contributed by atoms with Gasteiger partial charge in [-0.1, -0.05) is 42.6 Å². The standard InChI is InChI=1S/C13H11NOS/c1-2-10-3-5-11(6-4-10)15-13-8-7-12(9-14)16-13/h2-7,13H,1,8H2. The number of rotatable bonds is 3. The van der Waals surface area contributed by atoms with Gasteiger partial charge in [-0.15, -0.1) is 0 Å². The Morgan fingerprint density at radius 2 is 2.19 bits per heavy atom. The highest BCUT2D eigenvalue weighted by atomic mass is 32.2. The van der Waals surface area contributed by atoms with Gasteiger partial charge in [0.2, 0.25) is 0 Å². The van der Waals surface area contributed by atoms with Gasteiger partial charge in [-0.05, 0) is 17.7 Å². The quantitative estimate of drug-likeness (QED) is 0.794. The Labute approximate surface area is 99.2 Å². The van der Waals surface area contributed by atoms with Crippen LogP contribution in [0.1, 0.15) is 12.0 Å². The van der Waals surface area contributed by atoms with Crippen molar-refractivity contribution in [1.29, 1.82) is 5.26 Å². The van der Waals surface area contributed by atoms with Crippen LogP contribution < -0.4 is 4.74 Å². The second-order valence-corrected chi connectivity index (χ2v) is 4.56. The Hall–Kier alpha value is -1.66. The number of nitrogens with zero attached hydrogens (tertiary/aromatic N) is 1. The van der Waals surface area contributed by atoms with Gasteiger partial charge in [0, 0.05) is 6.42 Å². The summed E-state index contributed by atoms with van der Waals surface area (Å²) >= 11 is 1.47. The fourth-order valence-corrected chi connectivity index (χ4v) is 2.30. The number of thioether (sulfide) groups is 1. The monoisotopic (exact) mass is 229 g/mol. The lowest BCUT2D eigenvalue weighted by molar-refractivity contribution is 0.294. The van der Waals surface area contributed by atoms with E-state index in [1.165, 1.54) is 11.8 Å². The zero-order chi connectivity index (χ0) is 11.4. The third-order valence-electron chi connectivity index (χ3n) is 2.25. The molecule has 0 N–H and O–H groups in total. The molecule has 1 atom stereocenters. The van der Waals surface area contributed by atoms with E-state index in [9.17, 15) is 0 Å².